The molecular formula is C21H30IN3O3. The first kappa shape index (κ1) is 23.9. The zero-order valence-corrected chi connectivity index (χ0v) is 19.2. The van der Waals surface area contributed by atoms with E-state index in [1.807, 2.05) is 30.3 Å². The number of hydrogen-bond acceptors (Lipinski definition) is 4. The van der Waals surface area contributed by atoms with Gasteiger partial charge < -0.3 is 25.3 Å². The third-order valence-corrected chi connectivity index (χ3v) is 4.25. The molecule has 28 heavy (non-hydrogen) atoms. The van der Waals surface area contributed by atoms with Crippen molar-refractivity contribution in [1.82, 2.24) is 5.32 Å². The highest BCUT2D eigenvalue weighted by Gasteiger charge is 2.06. The normalized spacial score (nSPS) is 11.9. The van der Waals surface area contributed by atoms with Crippen molar-refractivity contribution in [2.45, 2.75) is 19.9 Å². The van der Waals surface area contributed by atoms with E-state index in [-0.39, 0.29) is 24.0 Å². The lowest BCUT2D eigenvalue weighted by Gasteiger charge is -2.14. The summed E-state index contributed by atoms with van der Waals surface area (Å²) in [4.78, 5) is 4.40. The Kier molecular flexibility index (Phi) is 10.5. The van der Waals surface area contributed by atoms with Crippen molar-refractivity contribution in [3.8, 4) is 17.2 Å². The van der Waals surface area contributed by atoms with E-state index < -0.39 is 0 Å². The van der Waals surface area contributed by atoms with E-state index in [4.69, 9.17) is 19.9 Å². The molecule has 154 valence electrons. The fourth-order valence-corrected chi connectivity index (χ4v) is 2.73. The second-order valence-corrected chi connectivity index (χ2v) is 6.43. The summed E-state index contributed by atoms with van der Waals surface area (Å²) in [5, 5.41) is 3.19. The first-order chi connectivity index (χ1) is 13.0. The lowest BCUT2D eigenvalue weighted by molar-refractivity contribution is 0.354. The summed E-state index contributed by atoms with van der Waals surface area (Å²) in [5.74, 6) is 3.11. The van der Waals surface area contributed by atoms with Gasteiger partial charge in [-0.2, -0.15) is 0 Å². The Labute approximate surface area is 184 Å². The fraction of sp³-hybridized carbons (Fsp3) is 0.381. The average molecular weight is 499 g/mol. The van der Waals surface area contributed by atoms with Crippen molar-refractivity contribution >= 4 is 29.9 Å². The zero-order chi connectivity index (χ0) is 19.6. The molecule has 1 atom stereocenters. The first-order valence-electron chi connectivity index (χ1n) is 8.93. The van der Waals surface area contributed by atoms with E-state index >= 15 is 0 Å². The molecular weight excluding hydrogens is 469 g/mol. The summed E-state index contributed by atoms with van der Waals surface area (Å²) in [7, 11) is 4.90. The SMILES string of the molecule is COc1ccc(CC(C)CNC(N)=NCc2ccc(OC)c(OC)c2)cc1.I. The van der Waals surface area contributed by atoms with Gasteiger partial charge in [-0.3, -0.25) is 0 Å². The fourth-order valence-electron chi connectivity index (χ4n) is 2.73. The first-order valence-corrected chi connectivity index (χ1v) is 8.93. The molecule has 0 radical (unpaired) electrons. The Hall–Kier alpha value is -2.16. The zero-order valence-electron chi connectivity index (χ0n) is 16.9. The van der Waals surface area contributed by atoms with E-state index in [0.717, 1.165) is 24.3 Å². The maximum absolute atomic E-state index is 5.99. The molecule has 0 aliphatic heterocycles. The van der Waals surface area contributed by atoms with Gasteiger partial charge in [0.1, 0.15) is 5.75 Å². The summed E-state index contributed by atoms with van der Waals surface area (Å²) in [6, 6.07) is 13.9. The van der Waals surface area contributed by atoms with Crippen LogP contribution >= 0.6 is 24.0 Å². The molecule has 0 saturated heterocycles. The summed E-state index contributed by atoms with van der Waals surface area (Å²) < 4.78 is 15.7. The van der Waals surface area contributed by atoms with Gasteiger partial charge in [0.15, 0.2) is 17.5 Å². The molecule has 2 rings (SSSR count). The van der Waals surface area contributed by atoms with Gasteiger partial charge in [-0.15, -0.1) is 24.0 Å². The molecule has 2 aromatic carbocycles. The van der Waals surface area contributed by atoms with E-state index in [9.17, 15) is 0 Å². The number of nitrogens with one attached hydrogen (secondary N) is 1. The van der Waals surface area contributed by atoms with Crippen LogP contribution in [0.4, 0.5) is 0 Å². The molecule has 7 heteroatoms. The smallest absolute Gasteiger partial charge is 0.188 e. The number of guanidine groups is 1. The molecule has 0 amide bonds. The standard InChI is InChI=1S/C21H29N3O3.HI/c1-15(11-16-5-8-18(25-2)9-6-16)13-23-21(22)24-14-17-7-10-19(26-3)20(12-17)27-4;/h5-10,12,15H,11,13-14H2,1-4H3,(H3,22,23,24);1H. The Morgan fingerprint density at radius 3 is 2.21 bits per heavy atom. The van der Waals surface area contributed by atoms with E-state index in [1.54, 1.807) is 21.3 Å². The maximum atomic E-state index is 5.99. The molecule has 0 aromatic heterocycles. The van der Waals surface area contributed by atoms with Gasteiger partial charge in [-0.05, 0) is 47.7 Å². The largest absolute Gasteiger partial charge is 0.497 e. The predicted molar refractivity (Wildman–Crippen MR) is 124 cm³/mol. The van der Waals surface area contributed by atoms with Crippen LogP contribution in [0.15, 0.2) is 47.5 Å². The van der Waals surface area contributed by atoms with Crippen LogP contribution < -0.4 is 25.3 Å². The number of methoxy groups -OCH3 is 3. The van der Waals surface area contributed by atoms with Crippen LogP contribution in [-0.4, -0.2) is 33.8 Å². The number of hydrogen-bond donors (Lipinski definition) is 2. The molecule has 3 N–H and O–H groups in total. The van der Waals surface area contributed by atoms with E-state index in [2.05, 4.69) is 29.4 Å². The third-order valence-electron chi connectivity index (χ3n) is 4.25. The summed E-state index contributed by atoms with van der Waals surface area (Å²) in [6.45, 7) is 3.41. The maximum Gasteiger partial charge on any atom is 0.188 e. The van der Waals surface area contributed by atoms with Gasteiger partial charge in [0.25, 0.3) is 0 Å². The van der Waals surface area contributed by atoms with Crippen molar-refractivity contribution in [3.63, 3.8) is 0 Å². The highest BCUT2D eigenvalue weighted by Crippen LogP contribution is 2.27. The number of nitrogens with zero attached hydrogens (tertiary/aromatic N) is 1. The van der Waals surface area contributed by atoms with Crippen LogP contribution in [0.2, 0.25) is 0 Å². The van der Waals surface area contributed by atoms with Gasteiger partial charge in [0.2, 0.25) is 0 Å². The van der Waals surface area contributed by atoms with E-state index in [1.165, 1.54) is 5.56 Å². The lowest BCUT2D eigenvalue weighted by Crippen LogP contribution is -2.35. The van der Waals surface area contributed by atoms with Gasteiger partial charge in [0.05, 0.1) is 27.9 Å². The molecule has 0 aliphatic carbocycles. The summed E-state index contributed by atoms with van der Waals surface area (Å²) in [5.41, 5.74) is 8.27. The van der Waals surface area contributed by atoms with Gasteiger partial charge in [0, 0.05) is 6.54 Å². The molecule has 1 unspecified atom stereocenters. The third kappa shape index (κ3) is 7.46. The van der Waals surface area contributed by atoms with Crippen molar-refractivity contribution in [1.29, 1.82) is 0 Å². The highest BCUT2D eigenvalue weighted by atomic mass is 127. The molecule has 0 saturated carbocycles. The van der Waals surface area contributed by atoms with Crippen LogP contribution in [0.3, 0.4) is 0 Å². The minimum Gasteiger partial charge on any atom is -0.497 e. The lowest BCUT2D eigenvalue weighted by atomic mass is 10.0. The van der Waals surface area contributed by atoms with Crippen molar-refractivity contribution in [3.05, 3.63) is 53.6 Å². The topological polar surface area (TPSA) is 78.1 Å². The minimum atomic E-state index is 0. The number of halogens is 1. The van der Waals surface area contributed by atoms with Crippen LogP contribution in [0.1, 0.15) is 18.1 Å². The molecule has 2 aromatic rings. The van der Waals surface area contributed by atoms with Gasteiger partial charge in [-0.25, -0.2) is 4.99 Å². The van der Waals surface area contributed by atoms with Crippen molar-refractivity contribution < 1.29 is 14.2 Å². The monoisotopic (exact) mass is 499 g/mol. The Morgan fingerprint density at radius 2 is 1.61 bits per heavy atom. The number of rotatable bonds is 9. The minimum absolute atomic E-state index is 0. The Bertz CT molecular complexity index is 751. The van der Waals surface area contributed by atoms with Gasteiger partial charge in [-0.1, -0.05) is 25.1 Å². The molecule has 6 nitrogen and oxygen atoms in total. The molecule has 0 fully saturated rings. The van der Waals surface area contributed by atoms with Crippen molar-refractivity contribution in [2.24, 2.45) is 16.6 Å². The highest BCUT2D eigenvalue weighted by molar-refractivity contribution is 14.0. The molecule has 0 spiro atoms. The summed E-state index contributed by atoms with van der Waals surface area (Å²) >= 11 is 0. The van der Waals surface area contributed by atoms with E-state index in [0.29, 0.717) is 29.9 Å². The molecule has 0 bridgehead atoms. The number of benzene rings is 2. The molecule has 0 heterocycles. The summed E-state index contributed by atoms with van der Waals surface area (Å²) in [6.07, 6.45) is 0.958. The van der Waals surface area contributed by atoms with Crippen LogP contribution in [0.25, 0.3) is 0 Å². The van der Waals surface area contributed by atoms with Crippen LogP contribution in [0.5, 0.6) is 17.2 Å². The number of ether oxygens (including phenoxy) is 3. The Balaban J connectivity index is 0.00000392. The number of nitrogens with two attached hydrogens (primary N) is 1. The predicted octanol–water partition coefficient (Wildman–Crippen LogP) is 3.61. The van der Waals surface area contributed by atoms with Crippen LogP contribution in [0, 0.1) is 5.92 Å². The quantitative estimate of drug-likeness (QED) is 0.313. The second-order valence-electron chi connectivity index (χ2n) is 6.43. The van der Waals surface area contributed by atoms with Gasteiger partial charge >= 0.3 is 0 Å². The van der Waals surface area contributed by atoms with Crippen LogP contribution in [-0.2, 0) is 13.0 Å². The number of aliphatic imine (C=N–C) groups is 1. The molecule has 0 aliphatic rings. The second kappa shape index (κ2) is 12.3. The van der Waals surface area contributed by atoms with Crippen molar-refractivity contribution in [2.75, 3.05) is 27.9 Å². The average Bonchev–Trinajstić information content (AvgIpc) is 2.71. The Morgan fingerprint density at radius 1 is 0.964 bits per heavy atom.